The highest BCUT2D eigenvalue weighted by Crippen LogP contribution is 2.39. The maximum atomic E-state index is 12.8. The number of benzene rings is 1. The normalized spacial score (nSPS) is 16.3. The molecular weight excluding hydrogens is 456 g/mol. The molecule has 1 aliphatic carbocycles. The van der Waals surface area contributed by atoms with Gasteiger partial charge in [0.2, 0.25) is 5.76 Å². The van der Waals surface area contributed by atoms with Crippen molar-refractivity contribution in [2.45, 2.75) is 44.1 Å². The molecule has 0 bridgehead atoms. The Morgan fingerprint density at radius 3 is 2.56 bits per heavy atom. The van der Waals surface area contributed by atoms with Crippen molar-refractivity contribution < 1.29 is 14.1 Å². The predicted molar refractivity (Wildman–Crippen MR) is 134 cm³/mol. The highest BCUT2D eigenvalue weighted by atomic mass is 16.5. The van der Waals surface area contributed by atoms with Crippen LogP contribution in [0.1, 0.15) is 64.9 Å². The molecule has 36 heavy (non-hydrogen) atoms. The Bertz CT molecular complexity index is 1380. The van der Waals surface area contributed by atoms with Gasteiger partial charge in [0.1, 0.15) is 5.65 Å². The fourth-order valence-electron chi connectivity index (χ4n) is 4.79. The maximum Gasteiger partial charge on any atom is 0.319 e. The second-order valence-electron chi connectivity index (χ2n) is 9.61. The first-order valence-corrected chi connectivity index (χ1v) is 12.4. The van der Waals surface area contributed by atoms with Gasteiger partial charge in [-0.15, -0.1) is 0 Å². The van der Waals surface area contributed by atoms with Crippen LogP contribution in [0.4, 0.5) is 10.5 Å². The minimum Gasteiger partial charge on any atom is -0.351 e. The number of nitrogens with zero attached hydrogens (tertiary/aromatic N) is 4. The highest BCUT2D eigenvalue weighted by molar-refractivity contribution is 5.91. The summed E-state index contributed by atoms with van der Waals surface area (Å²) in [4.78, 5) is 31.3. The molecule has 0 unspecified atom stereocenters. The maximum absolute atomic E-state index is 12.8. The molecule has 2 aliphatic rings. The van der Waals surface area contributed by atoms with Crippen molar-refractivity contribution in [3.8, 4) is 0 Å². The lowest BCUT2D eigenvalue weighted by atomic mass is 9.89. The second-order valence-corrected chi connectivity index (χ2v) is 9.61. The molecule has 2 N–H and O–H groups in total. The van der Waals surface area contributed by atoms with E-state index in [0.29, 0.717) is 37.2 Å². The van der Waals surface area contributed by atoms with Crippen LogP contribution in [0, 0.1) is 0 Å². The number of hydrogen-bond acceptors (Lipinski definition) is 5. The first-order chi connectivity index (χ1) is 17.6. The number of amides is 3. The number of carbonyl (C=O) groups excluding carboxylic acids is 2. The Morgan fingerprint density at radius 1 is 0.972 bits per heavy atom. The van der Waals surface area contributed by atoms with E-state index in [2.05, 4.69) is 32.9 Å². The molecule has 2 fully saturated rings. The second kappa shape index (κ2) is 9.49. The first-order valence-electron chi connectivity index (χ1n) is 12.4. The number of imidazole rings is 1. The van der Waals surface area contributed by atoms with Crippen molar-refractivity contribution in [1.29, 1.82) is 0 Å². The minimum atomic E-state index is -0.255. The van der Waals surface area contributed by atoms with E-state index in [1.165, 1.54) is 5.56 Å². The van der Waals surface area contributed by atoms with Crippen LogP contribution in [0.3, 0.4) is 0 Å². The molecule has 1 aliphatic heterocycles. The fraction of sp³-hybridized carbons (Fsp3) is 0.333. The van der Waals surface area contributed by atoms with Gasteiger partial charge in [0.05, 0.1) is 5.69 Å². The van der Waals surface area contributed by atoms with E-state index in [-0.39, 0.29) is 11.9 Å². The topological polar surface area (TPSA) is 105 Å². The third-order valence-corrected chi connectivity index (χ3v) is 7.07. The van der Waals surface area contributed by atoms with Gasteiger partial charge in [-0.2, -0.15) is 0 Å². The summed E-state index contributed by atoms with van der Waals surface area (Å²) in [5.74, 6) is 1.14. The van der Waals surface area contributed by atoms with Gasteiger partial charge in [0, 0.05) is 55.9 Å². The van der Waals surface area contributed by atoms with Crippen molar-refractivity contribution in [3.63, 3.8) is 0 Å². The molecule has 184 valence electrons. The molecule has 1 saturated heterocycles. The zero-order valence-electron chi connectivity index (χ0n) is 19.9. The Balaban J connectivity index is 0.980. The number of carbonyl (C=O) groups is 2. The Morgan fingerprint density at radius 2 is 1.78 bits per heavy atom. The zero-order valence-corrected chi connectivity index (χ0v) is 19.9. The molecule has 0 spiro atoms. The molecule has 3 amide bonds. The Hall–Kier alpha value is -4.14. The number of urea groups is 1. The minimum absolute atomic E-state index is 0.0666. The van der Waals surface area contributed by atoms with Crippen molar-refractivity contribution >= 4 is 23.3 Å². The van der Waals surface area contributed by atoms with Gasteiger partial charge in [-0.1, -0.05) is 17.3 Å². The van der Waals surface area contributed by atoms with E-state index in [1.54, 1.807) is 6.20 Å². The summed E-state index contributed by atoms with van der Waals surface area (Å²) in [5, 5.41) is 9.84. The van der Waals surface area contributed by atoms with Crippen LogP contribution in [0.25, 0.3) is 5.65 Å². The Kier molecular flexibility index (Phi) is 5.88. The molecule has 6 rings (SSSR count). The van der Waals surface area contributed by atoms with Gasteiger partial charge in [0.25, 0.3) is 5.91 Å². The van der Waals surface area contributed by atoms with Crippen LogP contribution in [0.2, 0.25) is 0 Å². The van der Waals surface area contributed by atoms with Crippen molar-refractivity contribution in [2.24, 2.45) is 0 Å². The SMILES string of the molecule is O=C(NCc1ccn2ccnc2c1)Nc1ccc(C2CCN(C(=O)c3cc(C4CC4)no3)CC2)cc1. The van der Waals surface area contributed by atoms with Gasteiger partial charge < -0.3 is 24.5 Å². The smallest absolute Gasteiger partial charge is 0.319 e. The van der Waals surface area contributed by atoms with Gasteiger partial charge in [-0.3, -0.25) is 4.79 Å². The first kappa shape index (κ1) is 22.3. The number of nitrogens with one attached hydrogen (secondary N) is 2. The molecule has 0 atom stereocenters. The number of aromatic nitrogens is 3. The lowest BCUT2D eigenvalue weighted by Gasteiger charge is -2.31. The average molecular weight is 485 g/mol. The lowest BCUT2D eigenvalue weighted by molar-refractivity contribution is 0.0671. The van der Waals surface area contributed by atoms with Crippen LogP contribution in [0.15, 0.2) is 65.6 Å². The molecule has 9 nitrogen and oxygen atoms in total. The standard InChI is InChI=1S/C27H28N6O3/c34-26(24-16-23(31-36-24)21-1-2-21)33-12-8-20(9-13-33)19-3-5-22(6-4-19)30-27(35)29-17-18-7-11-32-14-10-28-25(32)15-18/h3-7,10-11,14-16,20-21H,1-2,8-9,12-13,17H2,(H2,29,30,35). The summed E-state index contributed by atoms with van der Waals surface area (Å²) in [5.41, 5.74) is 4.70. The van der Waals surface area contributed by atoms with E-state index in [0.717, 1.165) is 48.3 Å². The van der Waals surface area contributed by atoms with E-state index < -0.39 is 0 Å². The van der Waals surface area contributed by atoms with Gasteiger partial charge in [0.15, 0.2) is 0 Å². The number of hydrogen-bond donors (Lipinski definition) is 2. The molecule has 9 heteroatoms. The van der Waals surface area contributed by atoms with Crippen LogP contribution in [0.5, 0.6) is 0 Å². The molecule has 0 radical (unpaired) electrons. The largest absolute Gasteiger partial charge is 0.351 e. The van der Waals surface area contributed by atoms with Crippen molar-refractivity contribution in [2.75, 3.05) is 18.4 Å². The number of likely N-dealkylation sites (tertiary alicyclic amines) is 1. The van der Waals surface area contributed by atoms with E-state index in [4.69, 9.17) is 4.52 Å². The van der Waals surface area contributed by atoms with Crippen molar-refractivity contribution in [1.82, 2.24) is 24.8 Å². The van der Waals surface area contributed by atoms with Crippen LogP contribution in [-0.2, 0) is 6.54 Å². The van der Waals surface area contributed by atoms with Gasteiger partial charge >= 0.3 is 6.03 Å². The number of anilines is 1. The summed E-state index contributed by atoms with van der Waals surface area (Å²) in [6.45, 7) is 1.80. The summed E-state index contributed by atoms with van der Waals surface area (Å²) < 4.78 is 7.23. The third kappa shape index (κ3) is 4.82. The number of pyridine rings is 1. The lowest BCUT2D eigenvalue weighted by Crippen LogP contribution is -2.37. The molecule has 3 aromatic heterocycles. The van der Waals surface area contributed by atoms with Gasteiger partial charge in [-0.25, -0.2) is 9.78 Å². The average Bonchev–Trinajstić information content (AvgIpc) is 3.45. The summed E-state index contributed by atoms with van der Waals surface area (Å²) in [6.07, 6.45) is 9.60. The third-order valence-electron chi connectivity index (χ3n) is 7.07. The predicted octanol–water partition coefficient (Wildman–Crippen LogP) is 4.54. The van der Waals surface area contributed by atoms with Crippen LogP contribution in [-0.4, -0.2) is 44.5 Å². The Labute approximate surface area is 208 Å². The fourth-order valence-corrected chi connectivity index (χ4v) is 4.79. The molecule has 1 saturated carbocycles. The molecule has 4 heterocycles. The highest BCUT2D eigenvalue weighted by Gasteiger charge is 2.31. The number of fused-ring (bicyclic) bond motifs is 1. The summed E-state index contributed by atoms with van der Waals surface area (Å²) >= 11 is 0. The van der Waals surface area contributed by atoms with Gasteiger partial charge in [-0.05, 0) is 67.0 Å². The monoisotopic (exact) mass is 484 g/mol. The summed E-state index contributed by atoms with van der Waals surface area (Å²) in [6, 6.07) is 13.4. The van der Waals surface area contributed by atoms with E-state index >= 15 is 0 Å². The quantitative estimate of drug-likeness (QED) is 0.418. The molecule has 4 aromatic rings. The van der Waals surface area contributed by atoms with Crippen molar-refractivity contribution in [3.05, 3.63) is 83.6 Å². The molecule has 1 aromatic carbocycles. The zero-order chi connectivity index (χ0) is 24.5. The molecular formula is C27H28N6O3. The van der Waals surface area contributed by atoms with E-state index in [9.17, 15) is 9.59 Å². The number of piperidine rings is 1. The summed E-state index contributed by atoms with van der Waals surface area (Å²) in [7, 11) is 0. The van der Waals surface area contributed by atoms with Crippen LogP contribution >= 0.6 is 0 Å². The van der Waals surface area contributed by atoms with E-state index in [1.807, 2.05) is 52.0 Å². The van der Waals surface area contributed by atoms with Crippen LogP contribution < -0.4 is 10.6 Å². The number of rotatable bonds is 6.